The molecule has 7 heteroatoms. The normalized spacial score (nSPS) is 15.5. The van der Waals surface area contributed by atoms with Crippen LogP contribution in [-0.2, 0) is 0 Å². The Morgan fingerprint density at radius 3 is 2.24 bits per heavy atom. The molecule has 0 spiro atoms. The molecular formula is C22H27N5O2. The number of aromatic nitrogens is 3. The first-order chi connectivity index (χ1) is 14.1. The number of benzene rings is 2. The van der Waals surface area contributed by atoms with Crippen molar-refractivity contribution in [2.45, 2.75) is 26.3 Å². The molecule has 0 radical (unpaired) electrons. The van der Waals surface area contributed by atoms with Gasteiger partial charge in [-0.2, -0.15) is 5.10 Å². The van der Waals surface area contributed by atoms with Crippen molar-refractivity contribution < 1.29 is 5.11 Å². The summed E-state index contributed by atoms with van der Waals surface area (Å²) in [6, 6.07) is 15.6. The zero-order valence-electron chi connectivity index (χ0n) is 16.9. The van der Waals surface area contributed by atoms with Crippen molar-refractivity contribution in [2.24, 2.45) is 0 Å². The topological polar surface area (TPSA) is 66.5 Å². The molecule has 152 valence electrons. The Balaban J connectivity index is 1.45. The molecule has 0 bridgehead atoms. The van der Waals surface area contributed by atoms with Crippen LogP contribution < -0.4 is 15.5 Å². The zero-order chi connectivity index (χ0) is 20.4. The Hall–Kier alpha value is -3.22. The molecule has 7 nitrogen and oxygen atoms in total. The van der Waals surface area contributed by atoms with Crippen molar-refractivity contribution in [3.63, 3.8) is 0 Å². The number of piperazine rings is 1. The van der Waals surface area contributed by atoms with Crippen molar-refractivity contribution in [2.75, 3.05) is 36.0 Å². The van der Waals surface area contributed by atoms with Crippen molar-refractivity contribution in [1.82, 2.24) is 14.3 Å². The van der Waals surface area contributed by atoms with E-state index in [0.717, 1.165) is 49.7 Å². The monoisotopic (exact) mass is 393 g/mol. The summed E-state index contributed by atoms with van der Waals surface area (Å²) in [6.45, 7) is 7.49. The Kier molecular flexibility index (Phi) is 5.29. The maximum absolute atomic E-state index is 12.6. The van der Waals surface area contributed by atoms with Crippen LogP contribution in [0.5, 0.6) is 5.75 Å². The molecule has 29 heavy (non-hydrogen) atoms. The van der Waals surface area contributed by atoms with Crippen molar-refractivity contribution in [3.8, 4) is 11.4 Å². The number of hydrogen-bond donors (Lipinski definition) is 1. The zero-order valence-corrected chi connectivity index (χ0v) is 16.9. The largest absolute Gasteiger partial charge is 0.506 e. The van der Waals surface area contributed by atoms with Crippen molar-refractivity contribution in [1.29, 1.82) is 0 Å². The molecule has 1 aromatic heterocycles. The highest BCUT2D eigenvalue weighted by Gasteiger charge is 2.19. The standard InChI is InChI=1S/C22H27N5O2/c1-3-17(2)27-22(29)26(16-23-27)19-10-8-18(9-11-19)24-12-14-25(15-13-24)20-6-4-5-7-21(20)28/h4-11,16-17,28H,3,12-15H2,1-2H3. The van der Waals surface area contributed by atoms with Gasteiger partial charge in [0.1, 0.15) is 12.1 Å². The predicted octanol–water partition coefficient (Wildman–Crippen LogP) is 3.04. The molecule has 0 aliphatic carbocycles. The van der Waals surface area contributed by atoms with E-state index in [4.69, 9.17) is 0 Å². The highest BCUT2D eigenvalue weighted by Crippen LogP contribution is 2.28. The van der Waals surface area contributed by atoms with Crippen LogP contribution in [0.1, 0.15) is 26.3 Å². The SMILES string of the molecule is CCC(C)n1ncn(-c2ccc(N3CCN(c4ccccc4O)CC3)cc2)c1=O. The van der Waals surface area contributed by atoms with Crippen LogP contribution in [0.25, 0.3) is 5.69 Å². The molecule has 1 aliphatic rings. The van der Waals surface area contributed by atoms with E-state index >= 15 is 0 Å². The maximum atomic E-state index is 12.6. The van der Waals surface area contributed by atoms with Gasteiger partial charge in [-0.25, -0.2) is 14.0 Å². The average Bonchev–Trinajstić information content (AvgIpc) is 3.15. The van der Waals surface area contributed by atoms with Gasteiger partial charge in [0, 0.05) is 31.9 Å². The minimum atomic E-state index is -0.108. The third-order valence-electron chi connectivity index (χ3n) is 5.70. The summed E-state index contributed by atoms with van der Waals surface area (Å²) >= 11 is 0. The number of phenols is 1. The van der Waals surface area contributed by atoms with Gasteiger partial charge in [-0.05, 0) is 49.7 Å². The maximum Gasteiger partial charge on any atom is 0.350 e. The Bertz CT molecular complexity index is 1020. The summed E-state index contributed by atoms with van der Waals surface area (Å²) in [5.74, 6) is 0.327. The molecule has 1 aliphatic heterocycles. The lowest BCUT2D eigenvalue weighted by Crippen LogP contribution is -2.46. The summed E-state index contributed by atoms with van der Waals surface area (Å²) in [5, 5.41) is 14.3. The third kappa shape index (κ3) is 3.72. The van der Waals surface area contributed by atoms with Crippen LogP contribution in [0.3, 0.4) is 0 Å². The lowest BCUT2D eigenvalue weighted by molar-refractivity contribution is 0.460. The van der Waals surface area contributed by atoms with Gasteiger partial charge in [-0.3, -0.25) is 0 Å². The first-order valence-electron chi connectivity index (χ1n) is 10.1. The van der Waals surface area contributed by atoms with Gasteiger partial charge < -0.3 is 14.9 Å². The van der Waals surface area contributed by atoms with Crippen molar-refractivity contribution >= 4 is 11.4 Å². The minimum absolute atomic E-state index is 0.0865. The molecule has 0 saturated carbocycles. The predicted molar refractivity (Wildman–Crippen MR) is 115 cm³/mol. The minimum Gasteiger partial charge on any atom is -0.506 e. The fourth-order valence-electron chi connectivity index (χ4n) is 3.73. The van der Waals surface area contributed by atoms with Gasteiger partial charge in [0.05, 0.1) is 17.4 Å². The number of para-hydroxylation sites is 2. The van der Waals surface area contributed by atoms with E-state index in [-0.39, 0.29) is 11.7 Å². The van der Waals surface area contributed by atoms with E-state index in [2.05, 4.69) is 27.0 Å². The smallest absolute Gasteiger partial charge is 0.350 e. The molecule has 3 aromatic rings. The highest BCUT2D eigenvalue weighted by molar-refractivity contribution is 5.59. The average molecular weight is 393 g/mol. The van der Waals surface area contributed by atoms with E-state index in [1.165, 1.54) is 4.68 Å². The number of anilines is 2. The number of phenolic OH excluding ortho intramolecular Hbond substituents is 1. The van der Waals surface area contributed by atoms with Gasteiger partial charge >= 0.3 is 5.69 Å². The number of rotatable bonds is 5. The Morgan fingerprint density at radius 1 is 0.966 bits per heavy atom. The van der Waals surface area contributed by atoms with Gasteiger partial charge in [0.25, 0.3) is 0 Å². The number of aromatic hydroxyl groups is 1. The van der Waals surface area contributed by atoms with Gasteiger partial charge in [-0.1, -0.05) is 19.1 Å². The molecule has 1 saturated heterocycles. The summed E-state index contributed by atoms with van der Waals surface area (Å²) in [4.78, 5) is 17.1. The molecule has 4 rings (SSSR count). The Morgan fingerprint density at radius 2 is 1.59 bits per heavy atom. The van der Waals surface area contributed by atoms with Gasteiger partial charge in [0.15, 0.2) is 0 Å². The van der Waals surface area contributed by atoms with Gasteiger partial charge in [0.2, 0.25) is 0 Å². The van der Waals surface area contributed by atoms with E-state index in [1.807, 2.05) is 44.2 Å². The number of nitrogens with zero attached hydrogens (tertiary/aromatic N) is 5. The van der Waals surface area contributed by atoms with Crippen LogP contribution in [0.2, 0.25) is 0 Å². The fraction of sp³-hybridized carbons (Fsp3) is 0.364. The van der Waals surface area contributed by atoms with Crippen LogP contribution in [-0.4, -0.2) is 45.6 Å². The van der Waals surface area contributed by atoms with Crippen LogP contribution in [0.15, 0.2) is 59.7 Å². The first-order valence-corrected chi connectivity index (χ1v) is 10.1. The molecular weight excluding hydrogens is 366 g/mol. The second-order valence-corrected chi connectivity index (χ2v) is 7.46. The molecule has 1 fully saturated rings. The summed E-state index contributed by atoms with van der Waals surface area (Å²) in [7, 11) is 0. The molecule has 2 aromatic carbocycles. The highest BCUT2D eigenvalue weighted by atomic mass is 16.3. The summed E-state index contributed by atoms with van der Waals surface area (Å²) in [6.07, 6.45) is 2.46. The number of hydrogen-bond acceptors (Lipinski definition) is 5. The molecule has 1 unspecified atom stereocenters. The second kappa shape index (κ2) is 8.03. The summed E-state index contributed by atoms with van der Waals surface area (Å²) in [5.41, 5.74) is 2.73. The van der Waals surface area contributed by atoms with E-state index in [1.54, 1.807) is 17.0 Å². The second-order valence-electron chi connectivity index (χ2n) is 7.46. The lowest BCUT2D eigenvalue weighted by atomic mass is 10.2. The van der Waals surface area contributed by atoms with Crippen LogP contribution in [0.4, 0.5) is 11.4 Å². The molecule has 2 heterocycles. The van der Waals surface area contributed by atoms with Gasteiger partial charge in [-0.15, -0.1) is 0 Å². The van der Waals surface area contributed by atoms with E-state index in [9.17, 15) is 9.90 Å². The van der Waals surface area contributed by atoms with E-state index < -0.39 is 0 Å². The van der Waals surface area contributed by atoms with Crippen LogP contribution in [0, 0.1) is 0 Å². The quantitative estimate of drug-likeness (QED) is 0.722. The third-order valence-corrected chi connectivity index (χ3v) is 5.70. The van der Waals surface area contributed by atoms with Crippen LogP contribution >= 0.6 is 0 Å². The van der Waals surface area contributed by atoms with E-state index in [0.29, 0.717) is 5.75 Å². The molecule has 1 N–H and O–H groups in total. The van der Waals surface area contributed by atoms with Crippen molar-refractivity contribution in [3.05, 3.63) is 65.3 Å². The fourth-order valence-corrected chi connectivity index (χ4v) is 3.73. The molecule has 0 amide bonds. The lowest BCUT2D eigenvalue weighted by Gasteiger charge is -2.37. The first kappa shape index (κ1) is 19.1. The summed E-state index contributed by atoms with van der Waals surface area (Å²) < 4.78 is 3.12. The molecule has 1 atom stereocenters. The Labute approximate surface area is 170 Å².